The van der Waals surface area contributed by atoms with Crippen LogP contribution in [0.2, 0.25) is 5.02 Å². The molecule has 0 unspecified atom stereocenters. The Morgan fingerprint density at radius 2 is 1.43 bits per heavy atom. The highest BCUT2D eigenvalue weighted by molar-refractivity contribution is 7.92. The fourth-order valence-corrected chi connectivity index (χ4v) is 6.18. The lowest BCUT2D eigenvalue weighted by molar-refractivity contribution is -0.140. The first-order valence-corrected chi connectivity index (χ1v) is 16.1. The number of carbonyl (C=O) groups excluding carboxylic acids is 2. The Morgan fingerprint density at radius 3 is 2.02 bits per heavy atom. The van der Waals surface area contributed by atoms with Crippen LogP contribution in [0.15, 0.2) is 114 Å². The highest BCUT2D eigenvalue weighted by Crippen LogP contribution is 2.26. The van der Waals surface area contributed by atoms with E-state index in [0.29, 0.717) is 17.0 Å². The van der Waals surface area contributed by atoms with Gasteiger partial charge in [0.15, 0.2) is 0 Å². The lowest BCUT2D eigenvalue weighted by Crippen LogP contribution is -2.54. The van der Waals surface area contributed by atoms with Crippen LogP contribution in [-0.4, -0.2) is 43.8 Å². The summed E-state index contributed by atoms with van der Waals surface area (Å²) >= 11 is 6.02. The van der Waals surface area contributed by atoms with Gasteiger partial charge in [-0.2, -0.15) is 0 Å². The molecule has 2 atom stereocenters. The topological polar surface area (TPSA) is 86.8 Å². The number of para-hydroxylation sites is 1. The zero-order valence-electron chi connectivity index (χ0n) is 24.6. The monoisotopic (exact) mass is 635 g/mol. The molecule has 0 saturated heterocycles. The number of carbonyl (C=O) groups is 2. The van der Waals surface area contributed by atoms with Crippen molar-refractivity contribution in [1.29, 1.82) is 0 Å². The van der Waals surface area contributed by atoms with Crippen molar-refractivity contribution in [3.63, 3.8) is 0 Å². The van der Waals surface area contributed by atoms with Crippen molar-refractivity contribution in [2.75, 3.05) is 10.8 Å². The number of benzene rings is 4. The summed E-state index contributed by atoms with van der Waals surface area (Å²) in [5.41, 5.74) is 1.68. The molecule has 44 heavy (non-hydrogen) atoms. The molecule has 4 rings (SSSR count). The Labute approximate surface area is 263 Å². The molecule has 1 N–H and O–H groups in total. The predicted octanol–water partition coefficient (Wildman–Crippen LogP) is 6.23. The Bertz CT molecular complexity index is 1640. The summed E-state index contributed by atoms with van der Waals surface area (Å²) in [5, 5.41) is 3.36. The lowest BCUT2D eigenvalue weighted by atomic mass is 10.0. The largest absolute Gasteiger partial charge is 0.352 e. The number of hydrogen-bond donors (Lipinski definition) is 1. The minimum atomic E-state index is -4.23. The van der Waals surface area contributed by atoms with Gasteiger partial charge in [-0.15, -0.1) is 0 Å². The van der Waals surface area contributed by atoms with Crippen LogP contribution >= 0.6 is 11.6 Å². The second-order valence-electron chi connectivity index (χ2n) is 10.5. The van der Waals surface area contributed by atoms with Gasteiger partial charge in [0.25, 0.3) is 10.0 Å². The maximum absolute atomic E-state index is 14.4. The summed E-state index contributed by atoms with van der Waals surface area (Å²) in [7, 11) is -4.23. The molecular weight excluding hydrogens is 601 g/mol. The summed E-state index contributed by atoms with van der Waals surface area (Å²) in [6.45, 7) is 3.18. The lowest BCUT2D eigenvalue weighted by Gasteiger charge is -2.34. The Morgan fingerprint density at radius 1 is 0.841 bits per heavy atom. The van der Waals surface area contributed by atoms with Gasteiger partial charge < -0.3 is 10.2 Å². The highest BCUT2D eigenvalue weighted by atomic mass is 35.5. The van der Waals surface area contributed by atoms with Crippen molar-refractivity contribution in [2.24, 2.45) is 0 Å². The maximum Gasteiger partial charge on any atom is 0.264 e. The summed E-state index contributed by atoms with van der Waals surface area (Å²) in [4.78, 5) is 29.5. The molecule has 0 fully saturated rings. The molecule has 4 aromatic carbocycles. The van der Waals surface area contributed by atoms with Crippen molar-refractivity contribution in [3.05, 3.63) is 131 Å². The number of nitrogens with one attached hydrogen (secondary N) is 1. The first kappa shape index (κ1) is 32.7. The van der Waals surface area contributed by atoms with Gasteiger partial charge in [0.05, 0.1) is 10.6 Å². The van der Waals surface area contributed by atoms with E-state index in [1.54, 1.807) is 42.5 Å². The van der Waals surface area contributed by atoms with Crippen molar-refractivity contribution in [1.82, 2.24) is 10.2 Å². The fourth-order valence-electron chi connectivity index (χ4n) is 4.64. The van der Waals surface area contributed by atoms with Crippen LogP contribution in [-0.2, 0) is 32.6 Å². The fraction of sp³-hybridized carbons (Fsp3) is 0.235. The zero-order chi connectivity index (χ0) is 31.7. The van der Waals surface area contributed by atoms with Gasteiger partial charge >= 0.3 is 0 Å². The van der Waals surface area contributed by atoms with Crippen LogP contribution in [0.1, 0.15) is 31.4 Å². The van der Waals surface area contributed by atoms with Crippen LogP contribution in [0.4, 0.5) is 10.1 Å². The summed E-state index contributed by atoms with van der Waals surface area (Å²) in [6, 6.07) is 27.8. The molecule has 0 aliphatic heterocycles. The molecule has 7 nitrogen and oxygen atoms in total. The molecule has 0 spiro atoms. The van der Waals surface area contributed by atoms with E-state index in [0.717, 1.165) is 9.87 Å². The van der Waals surface area contributed by atoms with Crippen molar-refractivity contribution < 1.29 is 22.4 Å². The normalized spacial score (nSPS) is 12.6. The third-order valence-corrected chi connectivity index (χ3v) is 9.30. The molecule has 0 aliphatic rings. The third-order valence-electron chi connectivity index (χ3n) is 7.26. The van der Waals surface area contributed by atoms with E-state index in [1.165, 1.54) is 41.3 Å². The molecule has 0 saturated carbocycles. The Kier molecular flexibility index (Phi) is 11.1. The smallest absolute Gasteiger partial charge is 0.264 e. The molecule has 0 heterocycles. The van der Waals surface area contributed by atoms with Crippen molar-refractivity contribution in [2.45, 2.75) is 50.2 Å². The van der Waals surface area contributed by atoms with Gasteiger partial charge in [-0.05, 0) is 73.0 Å². The molecule has 0 aromatic heterocycles. The van der Waals surface area contributed by atoms with Gasteiger partial charge in [0.2, 0.25) is 11.8 Å². The van der Waals surface area contributed by atoms with Crippen LogP contribution in [0.5, 0.6) is 0 Å². The van der Waals surface area contributed by atoms with Crippen LogP contribution in [0, 0.1) is 5.82 Å². The molecule has 0 aliphatic carbocycles. The zero-order valence-corrected chi connectivity index (χ0v) is 26.1. The Hall–Kier alpha value is -4.21. The van der Waals surface area contributed by atoms with E-state index in [-0.39, 0.29) is 35.5 Å². The van der Waals surface area contributed by atoms with Gasteiger partial charge in [-0.25, -0.2) is 12.8 Å². The SMILES string of the molecule is CC[C@@H](C)NC(=O)[C@@H](Cc1ccccc1)N(Cc1ccc(F)cc1)C(=O)CN(c1ccccc1)S(=O)(=O)c1ccc(Cl)cc1. The quantitative estimate of drug-likeness (QED) is 0.189. The number of hydrogen-bond acceptors (Lipinski definition) is 4. The molecular formula is C34H35ClFN3O4S. The van der Waals surface area contributed by atoms with E-state index in [4.69, 9.17) is 11.6 Å². The predicted molar refractivity (Wildman–Crippen MR) is 171 cm³/mol. The van der Waals surface area contributed by atoms with Crippen LogP contribution in [0.25, 0.3) is 0 Å². The minimum absolute atomic E-state index is 0.0426. The van der Waals surface area contributed by atoms with Gasteiger partial charge in [-0.3, -0.25) is 13.9 Å². The third kappa shape index (κ3) is 8.45. The number of halogens is 2. The second-order valence-corrected chi connectivity index (χ2v) is 12.8. The van der Waals surface area contributed by atoms with Crippen LogP contribution < -0.4 is 9.62 Å². The molecule has 0 radical (unpaired) electrons. The van der Waals surface area contributed by atoms with Gasteiger partial charge in [0, 0.05) is 24.0 Å². The van der Waals surface area contributed by atoms with Crippen molar-refractivity contribution >= 4 is 39.1 Å². The molecule has 0 bridgehead atoms. The number of sulfonamides is 1. The number of nitrogens with zero attached hydrogens (tertiary/aromatic N) is 2. The van der Waals surface area contributed by atoms with E-state index in [1.807, 2.05) is 44.2 Å². The highest BCUT2D eigenvalue weighted by Gasteiger charge is 2.35. The minimum Gasteiger partial charge on any atom is -0.352 e. The van der Waals surface area contributed by atoms with Crippen LogP contribution in [0.3, 0.4) is 0 Å². The van der Waals surface area contributed by atoms with Crippen molar-refractivity contribution in [3.8, 4) is 0 Å². The number of anilines is 1. The molecule has 2 amide bonds. The Balaban J connectivity index is 1.78. The summed E-state index contributed by atoms with van der Waals surface area (Å²) in [6.07, 6.45) is 0.863. The summed E-state index contributed by atoms with van der Waals surface area (Å²) < 4.78 is 42.8. The first-order chi connectivity index (χ1) is 21.1. The van der Waals surface area contributed by atoms with E-state index < -0.39 is 34.3 Å². The standard InChI is InChI=1S/C34H35ClFN3O4S/c1-3-25(2)37-34(41)32(22-26-10-6-4-7-11-26)38(23-27-14-18-29(36)19-15-27)33(40)24-39(30-12-8-5-9-13-30)44(42,43)31-20-16-28(35)17-21-31/h4-21,25,32H,3,22-24H2,1-2H3,(H,37,41)/t25-,32-/m1/s1. The number of rotatable bonds is 13. The van der Waals surface area contributed by atoms with E-state index in [9.17, 15) is 22.4 Å². The summed E-state index contributed by atoms with van der Waals surface area (Å²) in [5.74, 6) is -1.41. The van der Waals surface area contributed by atoms with E-state index in [2.05, 4.69) is 5.32 Å². The van der Waals surface area contributed by atoms with Gasteiger partial charge in [-0.1, -0.05) is 79.2 Å². The average Bonchev–Trinajstić information content (AvgIpc) is 3.03. The second kappa shape index (κ2) is 15.0. The first-order valence-electron chi connectivity index (χ1n) is 14.3. The molecule has 10 heteroatoms. The van der Waals surface area contributed by atoms with Gasteiger partial charge in [0.1, 0.15) is 18.4 Å². The average molecular weight is 636 g/mol. The van der Waals surface area contributed by atoms with E-state index >= 15 is 0 Å². The molecule has 4 aromatic rings. The maximum atomic E-state index is 14.4. The number of amides is 2. The molecule has 230 valence electrons.